The van der Waals surface area contributed by atoms with Gasteiger partial charge in [0.05, 0.1) is 53.7 Å². The quantitative estimate of drug-likeness (QED) is 0.130. The summed E-state index contributed by atoms with van der Waals surface area (Å²) in [6.45, 7) is 7.32. The van der Waals surface area contributed by atoms with Gasteiger partial charge in [-0.05, 0) is 71.3 Å². The molecular weight excluding hydrogens is 802 g/mol. The molecule has 2 aliphatic heterocycles. The predicted molar refractivity (Wildman–Crippen MR) is 227 cm³/mol. The van der Waals surface area contributed by atoms with Crippen LogP contribution in [0.3, 0.4) is 0 Å². The Bertz CT molecular complexity index is 2300. The van der Waals surface area contributed by atoms with E-state index >= 15 is 4.79 Å². The lowest BCUT2D eigenvalue weighted by Gasteiger charge is -2.37. The second-order valence-corrected chi connectivity index (χ2v) is 21.0. The number of rotatable bonds is 13. The lowest BCUT2D eigenvalue weighted by molar-refractivity contribution is -0.150. The van der Waals surface area contributed by atoms with Crippen molar-refractivity contribution in [2.24, 2.45) is 5.92 Å². The molecule has 4 atom stereocenters. The lowest BCUT2D eigenvalue weighted by atomic mass is 9.82. The first-order valence-corrected chi connectivity index (χ1v) is 23.0. The number of aromatic nitrogens is 1. The van der Waals surface area contributed by atoms with Crippen molar-refractivity contribution < 1.29 is 28.9 Å². The van der Waals surface area contributed by atoms with Gasteiger partial charge in [-0.1, -0.05) is 95.7 Å². The maximum atomic E-state index is 15.3. The monoisotopic (exact) mass is 849 g/mol. The second-order valence-electron chi connectivity index (χ2n) is 15.4. The molecule has 1 fully saturated rings. The number of benzene rings is 4. The largest absolute Gasteiger partial charge is 0.497 e. The Morgan fingerprint density at radius 3 is 2.30 bits per heavy atom. The van der Waals surface area contributed by atoms with Gasteiger partial charge in [0, 0.05) is 40.9 Å². The fourth-order valence-electron chi connectivity index (χ4n) is 8.94. The molecule has 0 unspecified atom stereocenters. The molecule has 3 heterocycles. The van der Waals surface area contributed by atoms with Crippen molar-refractivity contribution in [3.63, 3.8) is 0 Å². The minimum Gasteiger partial charge on any atom is -0.497 e. The Kier molecular flexibility index (Phi) is 11.6. The molecule has 2 aliphatic rings. The minimum atomic E-state index is -2.53. The van der Waals surface area contributed by atoms with Gasteiger partial charge in [0.1, 0.15) is 5.75 Å². The first kappa shape index (κ1) is 40.2. The zero-order chi connectivity index (χ0) is 40.5. The van der Waals surface area contributed by atoms with Gasteiger partial charge in [-0.25, -0.2) is 0 Å². The van der Waals surface area contributed by atoms with E-state index in [-0.39, 0.29) is 60.7 Å². The van der Waals surface area contributed by atoms with Crippen molar-refractivity contribution in [1.29, 1.82) is 0 Å². The molecule has 57 heavy (non-hydrogen) atoms. The number of hydrogen-bond donors (Lipinski definition) is 1. The molecule has 0 saturated carbocycles. The summed E-state index contributed by atoms with van der Waals surface area (Å²) in [7, 11) is 0.589. The molecule has 12 heteroatoms. The number of aliphatic hydroxyl groups is 1. The summed E-state index contributed by atoms with van der Waals surface area (Å²) in [6, 6.07) is 34.7. The number of carbonyl (C=O) groups excluding carboxylic acids is 2. The Labute approximate surface area is 342 Å². The molecule has 0 aliphatic carbocycles. The number of ether oxygens (including phenoxy) is 3. The highest BCUT2D eigenvalue weighted by molar-refractivity contribution is 9.10. The summed E-state index contributed by atoms with van der Waals surface area (Å²) < 4.78 is 20.3. The van der Waals surface area contributed by atoms with Gasteiger partial charge in [0.25, 0.3) is 11.5 Å². The van der Waals surface area contributed by atoms with E-state index in [1.807, 2.05) is 84.9 Å². The van der Waals surface area contributed by atoms with Gasteiger partial charge in [-0.3, -0.25) is 19.0 Å². The van der Waals surface area contributed by atoms with Crippen LogP contribution < -0.4 is 25.1 Å². The van der Waals surface area contributed by atoms with Crippen LogP contribution in [0.15, 0.2) is 125 Å². The zero-order valence-corrected chi connectivity index (χ0v) is 35.4. The molecule has 1 aromatic heterocycles. The van der Waals surface area contributed by atoms with E-state index in [4.69, 9.17) is 14.2 Å². The van der Waals surface area contributed by atoms with E-state index in [1.54, 1.807) is 35.2 Å². The SMILES string of the molecule is COc1ccc([Si](C)(C)[C@@H]2[C@@H](CC(=O)N(CCO)Cc3ccccc3)O[C@]3(C(=O)N(Cc4ccc(-n5cccc(OC)c5=O)cc4)c4ccc(Br)cc43)[C@H]2C)cc1. The van der Waals surface area contributed by atoms with Crippen molar-refractivity contribution in [2.75, 3.05) is 32.3 Å². The van der Waals surface area contributed by atoms with Crippen LogP contribution in [0.1, 0.15) is 30.0 Å². The molecule has 296 valence electrons. The third kappa shape index (κ3) is 7.47. The summed E-state index contributed by atoms with van der Waals surface area (Å²) in [6.07, 6.45) is 1.15. The number of nitrogens with zero attached hydrogens (tertiary/aromatic N) is 3. The molecule has 1 saturated heterocycles. The fraction of sp³-hybridized carbons (Fsp3) is 0.311. The molecule has 4 aromatic carbocycles. The molecule has 2 amide bonds. The highest BCUT2D eigenvalue weighted by atomic mass is 79.9. The number of carbonyl (C=O) groups is 2. The first-order chi connectivity index (χ1) is 27.4. The van der Waals surface area contributed by atoms with Crippen LogP contribution in [0.2, 0.25) is 18.6 Å². The summed E-state index contributed by atoms with van der Waals surface area (Å²) in [5.74, 6) is 0.377. The second kappa shape index (κ2) is 16.5. The molecule has 7 rings (SSSR count). The molecule has 5 aromatic rings. The van der Waals surface area contributed by atoms with E-state index in [1.165, 1.54) is 16.9 Å². The Hall–Kier alpha value is -5.01. The van der Waals surface area contributed by atoms with Gasteiger partial charge in [0.2, 0.25) is 5.91 Å². The summed E-state index contributed by atoms with van der Waals surface area (Å²) in [4.78, 5) is 46.1. The topological polar surface area (TPSA) is 111 Å². The number of aliphatic hydroxyl groups excluding tert-OH is 1. The molecule has 0 bridgehead atoms. The van der Waals surface area contributed by atoms with E-state index < -0.39 is 19.8 Å². The van der Waals surface area contributed by atoms with Crippen LogP contribution in [-0.2, 0) is 33.0 Å². The third-order valence-electron chi connectivity index (χ3n) is 11.8. The first-order valence-electron chi connectivity index (χ1n) is 19.1. The fourth-order valence-corrected chi connectivity index (χ4v) is 13.3. The smallest absolute Gasteiger partial charge is 0.297 e. The molecule has 0 radical (unpaired) electrons. The number of methoxy groups -OCH3 is 2. The van der Waals surface area contributed by atoms with E-state index in [9.17, 15) is 14.7 Å². The molecule has 1 N–H and O–H groups in total. The Morgan fingerprint density at radius 2 is 1.63 bits per heavy atom. The summed E-state index contributed by atoms with van der Waals surface area (Å²) in [5, 5.41) is 11.2. The Morgan fingerprint density at radius 1 is 0.912 bits per heavy atom. The van der Waals surface area contributed by atoms with Crippen molar-refractivity contribution in [2.45, 2.75) is 56.8 Å². The van der Waals surface area contributed by atoms with Crippen LogP contribution in [0, 0.1) is 5.92 Å². The van der Waals surface area contributed by atoms with E-state index in [2.05, 4.69) is 48.1 Å². The maximum absolute atomic E-state index is 15.3. The number of anilines is 1. The van der Waals surface area contributed by atoms with Gasteiger partial charge in [-0.15, -0.1) is 0 Å². The predicted octanol–water partition coefficient (Wildman–Crippen LogP) is 6.79. The van der Waals surface area contributed by atoms with E-state index in [0.717, 1.165) is 32.6 Å². The van der Waals surface area contributed by atoms with Crippen LogP contribution in [-0.4, -0.2) is 67.9 Å². The van der Waals surface area contributed by atoms with Gasteiger partial charge < -0.3 is 29.1 Å². The van der Waals surface area contributed by atoms with Crippen LogP contribution in [0.25, 0.3) is 5.69 Å². The van der Waals surface area contributed by atoms with Crippen molar-refractivity contribution in [3.05, 3.63) is 147 Å². The number of hydrogen-bond acceptors (Lipinski definition) is 7. The Balaban J connectivity index is 1.26. The van der Waals surface area contributed by atoms with Gasteiger partial charge in [-0.2, -0.15) is 0 Å². The normalized spacial score (nSPS) is 20.2. The number of amides is 2. The van der Waals surface area contributed by atoms with Crippen LogP contribution >= 0.6 is 15.9 Å². The molecular formula is C45H48BrN3O7Si. The third-order valence-corrected chi connectivity index (χ3v) is 16.7. The molecule has 1 spiro atoms. The van der Waals surface area contributed by atoms with Crippen molar-refractivity contribution in [3.8, 4) is 17.2 Å². The average molecular weight is 851 g/mol. The van der Waals surface area contributed by atoms with E-state index in [0.29, 0.717) is 12.2 Å². The minimum absolute atomic E-state index is 0.0535. The van der Waals surface area contributed by atoms with Crippen molar-refractivity contribution in [1.82, 2.24) is 9.47 Å². The standard InChI is InChI=1S/C45H48BrN3O7Si/c1-30-42(57(4,5)36-20-18-35(54-2)19-21-36)40(27-41(51)47(24-25-50)28-31-10-7-6-8-11-31)56-45(30)37-26-33(46)15-22-38(37)49(44(45)53)29-32-13-16-34(17-14-32)48-23-9-12-39(55-3)43(48)52/h6-23,26,30,40,42,50H,24-25,27-29H2,1-5H3/t30-,40+,42-,45+/m0/s1. The van der Waals surface area contributed by atoms with Gasteiger partial charge >= 0.3 is 0 Å². The van der Waals surface area contributed by atoms with Crippen molar-refractivity contribution >= 4 is 46.7 Å². The molecule has 10 nitrogen and oxygen atoms in total. The highest BCUT2D eigenvalue weighted by Gasteiger charge is 2.66. The number of fused-ring (bicyclic) bond motifs is 2. The average Bonchev–Trinajstić information content (AvgIpc) is 3.64. The summed E-state index contributed by atoms with van der Waals surface area (Å²) >= 11 is 3.69. The number of pyridine rings is 1. The highest BCUT2D eigenvalue weighted by Crippen LogP contribution is 2.60. The zero-order valence-electron chi connectivity index (χ0n) is 32.9. The van der Waals surface area contributed by atoms with Crippen LogP contribution in [0.5, 0.6) is 11.5 Å². The lowest BCUT2D eigenvalue weighted by Crippen LogP contribution is -2.52. The number of halogens is 1. The maximum Gasteiger partial charge on any atom is 0.297 e. The van der Waals surface area contributed by atoms with Gasteiger partial charge in [0.15, 0.2) is 11.4 Å². The summed E-state index contributed by atoms with van der Waals surface area (Å²) in [5.41, 5.74) is 2.25. The van der Waals surface area contributed by atoms with Crippen LogP contribution in [0.4, 0.5) is 5.69 Å².